The highest BCUT2D eigenvalue weighted by atomic mass is 16.2. The average molecular weight is 276 g/mol. The number of nitrogens with one attached hydrogen (secondary N) is 1. The van der Waals surface area contributed by atoms with Crippen molar-refractivity contribution in [1.82, 2.24) is 10.3 Å². The molecule has 0 bridgehead atoms. The number of nitrogens with two attached hydrogens (primary N) is 2. The maximum atomic E-state index is 12.1. The Morgan fingerprint density at radius 2 is 2.15 bits per heavy atom. The van der Waals surface area contributed by atoms with Gasteiger partial charge in [-0.3, -0.25) is 14.6 Å². The zero-order valence-corrected chi connectivity index (χ0v) is 11.3. The second-order valence-electron chi connectivity index (χ2n) is 5.17. The third kappa shape index (κ3) is 3.33. The van der Waals surface area contributed by atoms with Crippen LogP contribution in [0.15, 0.2) is 18.3 Å². The fraction of sp³-hybridized carbons (Fsp3) is 0.500. The number of aromatic nitrogens is 1. The van der Waals surface area contributed by atoms with Crippen LogP contribution in [-0.2, 0) is 11.3 Å². The summed E-state index contributed by atoms with van der Waals surface area (Å²) in [6, 6.07) is 3.30. The van der Waals surface area contributed by atoms with E-state index in [2.05, 4.69) is 10.3 Å². The molecule has 2 amide bonds. The molecule has 2 rings (SSSR count). The Labute approximate surface area is 117 Å². The molecule has 6 nitrogen and oxygen atoms in total. The van der Waals surface area contributed by atoms with Crippen LogP contribution in [0.4, 0.5) is 0 Å². The summed E-state index contributed by atoms with van der Waals surface area (Å²) in [7, 11) is 0. The Morgan fingerprint density at radius 1 is 1.35 bits per heavy atom. The second kappa shape index (κ2) is 6.47. The highest BCUT2D eigenvalue weighted by Crippen LogP contribution is 2.30. The molecule has 1 saturated carbocycles. The van der Waals surface area contributed by atoms with Crippen LogP contribution in [0.1, 0.15) is 35.3 Å². The quantitative estimate of drug-likeness (QED) is 0.711. The van der Waals surface area contributed by atoms with E-state index in [0.29, 0.717) is 19.0 Å². The van der Waals surface area contributed by atoms with E-state index in [1.165, 1.54) is 0 Å². The lowest BCUT2D eigenvalue weighted by Gasteiger charge is -2.17. The van der Waals surface area contributed by atoms with Crippen molar-refractivity contribution in [3.8, 4) is 0 Å². The predicted octanol–water partition coefficient (Wildman–Crippen LogP) is 0.172. The average Bonchev–Trinajstić information content (AvgIpc) is 2.93. The van der Waals surface area contributed by atoms with Crippen molar-refractivity contribution >= 4 is 11.8 Å². The minimum Gasteiger partial charge on any atom is -0.364 e. The summed E-state index contributed by atoms with van der Waals surface area (Å²) in [5, 5.41) is 2.90. The van der Waals surface area contributed by atoms with Crippen LogP contribution in [0.25, 0.3) is 0 Å². The number of rotatable bonds is 5. The third-order valence-electron chi connectivity index (χ3n) is 3.84. The van der Waals surface area contributed by atoms with Gasteiger partial charge in [-0.25, -0.2) is 0 Å². The maximum Gasteiger partial charge on any atom is 0.267 e. The van der Waals surface area contributed by atoms with Crippen molar-refractivity contribution < 1.29 is 9.59 Å². The molecule has 6 heteroatoms. The molecule has 2 atom stereocenters. The zero-order chi connectivity index (χ0) is 14.5. The van der Waals surface area contributed by atoms with Crippen LogP contribution in [0.5, 0.6) is 0 Å². The standard InChI is InChI=1S/C14H20N4O2/c15-6-10-2-1-3-11(10)14(20)18-8-9-4-5-12(13(16)19)17-7-9/h4-5,7,10-11H,1-3,6,8,15H2,(H2,16,19)(H,18,20)/t10-,11-/m1/s1. The van der Waals surface area contributed by atoms with Gasteiger partial charge in [0.15, 0.2) is 0 Å². The van der Waals surface area contributed by atoms with Crippen LogP contribution >= 0.6 is 0 Å². The van der Waals surface area contributed by atoms with E-state index in [1.54, 1.807) is 18.3 Å². The van der Waals surface area contributed by atoms with E-state index >= 15 is 0 Å². The second-order valence-corrected chi connectivity index (χ2v) is 5.17. The first-order valence-corrected chi connectivity index (χ1v) is 6.84. The van der Waals surface area contributed by atoms with Crippen molar-refractivity contribution in [3.63, 3.8) is 0 Å². The summed E-state index contributed by atoms with van der Waals surface area (Å²) < 4.78 is 0. The summed E-state index contributed by atoms with van der Waals surface area (Å²) >= 11 is 0. The molecule has 0 aromatic carbocycles. The van der Waals surface area contributed by atoms with Crippen molar-refractivity contribution in [3.05, 3.63) is 29.6 Å². The Kier molecular flexibility index (Phi) is 4.68. The summed E-state index contributed by atoms with van der Waals surface area (Å²) in [6.07, 6.45) is 4.56. The number of hydrogen-bond acceptors (Lipinski definition) is 4. The maximum absolute atomic E-state index is 12.1. The van der Waals surface area contributed by atoms with Gasteiger partial charge >= 0.3 is 0 Å². The molecule has 0 saturated heterocycles. The Morgan fingerprint density at radius 3 is 2.75 bits per heavy atom. The minimum atomic E-state index is -0.558. The van der Waals surface area contributed by atoms with Gasteiger partial charge < -0.3 is 16.8 Å². The zero-order valence-electron chi connectivity index (χ0n) is 11.3. The molecule has 0 radical (unpaired) electrons. The number of pyridine rings is 1. The lowest BCUT2D eigenvalue weighted by Crippen LogP contribution is -2.34. The van der Waals surface area contributed by atoms with Gasteiger partial charge in [0, 0.05) is 18.7 Å². The molecule has 1 aliphatic rings. The Bertz CT molecular complexity index is 486. The molecular formula is C14H20N4O2. The van der Waals surface area contributed by atoms with E-state index in [9.17, 15) is 9.59 Å². The molecule has 20 heavy (non-hydrogen) atoms. The monoisotopic (exact) mass is 276 g/mol. The summed E-state index contributed by atoms with van der Waals surface area (Å²) in [5.74, 6) is -0.183. The fourth-order valence-electron chi connectivity index (χ4n) is 2.66. The SMILES string of the molecule is NC[C@H]1CCC[C@H]1C(=O)NCc1ccc(C(N)=O)nc1. The molecule has 108 valence electrons. The number of carbonyl (C=O) groups is 2. The van der Waals surface area contributed by atoms with Gasteiger partial charge in [0.05, 0.1) is 0 Å². The van der Waals surface area contributed by atoms with E-state index < -0.39 is 5.91 Å². The number of hydrogen-bond donors (Lipinski definition) is 3. The number of primary amides is 1. The summed E-state index contributed by atoms with van der Waals surface area (Å²) in [6.45, 7) is 0.964. The topological polar surface area (TPSA) is 111 Å². The van der Waals surface area contributed by atoms with E-state index in [0.717, 1.165) is 24.8 Å². The van der Waals surface area contributed by atoms with Gasteiger partial charge in [0.1, 0.15) is 5.69 Å². The van der Waals surface area contributed by atoms with Crippen molar-refractivity contribution in [2.75, 3.05) is 6.54 Å². The van der Waals surface area contributed by atoms with Gasteiger partial charge in [-0.2, -0.15) is 0 Å². The molecule has 0 spiro atoms. The van der Waals surface area contributed by atoms with Crippen LogP contribution < -0.4 is 16.8 Å². The van der Waals surface area contributed by atoms with Crippen LogP contribution in [0.3, 0.4) is 0 Å². The molecule has 0 aliphatic heterocycles. The molecule has 1 fully saturated rings. The van der Waals surface area contributed by atoms with Crippen molar-refractivity contribution in [1.29, 1.82) is 0 Å². The number of amides is 2. The van der Waals surface area contributed by atoms with E-state index in [-0.39, 0.29) is 17.5 Å². The van der Waals surface area contributed by atoms with Crippen LogP contribution in [-0.4, -0.2) is 23.3 Å². The first-order chi connectivity index (χ1) is 9.61. The highest BCUT2D eigenvalue weighted by molar-refractivity contribution is 5.90. The van der Waals surface area contributed by atoms with Crippen LogP contribution in [0, 0.1) is 11.8 Å². The van der Waals surface area contributed by atoms with E-state index in [1.807, 2.05) is 0 Å². The molecule has 1 aromatic rings. The summed E-state index contributed by atoms with van der Waals surface area (Å²) in [4.78, 5) is 26.9. The fourth-order valence-corrected chi connectivity index (χ4v) is 2.66. The normalized spacial score (nSPS) is 21.6. The van der Waals surface area contributed by atoms with Crippen molar-refractivity contribution in [2.45, 2.75) is 25.8 Å². The van der Waals surface area contributed by atoms with Crippen molar-refractivity contribution in [2.24, 2.45) is 23.3 Å². The minimum absolute atomic E-state index is 0.0258. The van der Waals surface area contributed by atoms with Gasteiger partial charge in [-0.1, -0.05) is 12.5 Å². The molecule has 5 N–H and O–H groups in total. The number of carbonyl (C=O) groups excluding carboxylic acids is 2. The smallest absolute Gasteiger partial charge is 0.267 e. The van der Waals surface area contributed by atoms with Crippen LogP contribution in [0.2, 0.25) is 0 Å². The largest absolute Gasteiger partial charge is 0.364 e. The number of nitrogens with zero attached hydrogens (tertiary/aromatic N) is 1. The summed E-state index contributed by atoms with van der Waals surface area (Å²) in [5.41, 5.74) is 11.9. The lowest BCUT2D eigenvalue weighted by molar-refractivity contribution is -0.126. The third-order valence-corrected chi connectivity index (χ3v) is 3.84. The first-order valence-electron chi connectivity index (χ1n) is 6.84. The van der Waals surface area contributed by atoms with Gasteiger partial charge in [0.25, 0.3) is 5.91 Å². The molecule has 1 heterocycles. The lowest BCUT2D eigenvalue weighted by atomic mass is 9.95. The first kappa shape index (κ1) is 14.5. The van der Waals surface area contributed by atoms with Gasteiger partial charge in [-0.05, 0) is 36.9 Å². The Hall–Kier alpha value is -1.95. The Balaban J connectivity index is 1.88. The molecule has 0 unspecified atom stereocenters. The molecule has 1 aromatic heterocycles. The molecule has 1 aliphatic carbocycles. The molecular weight excluding hydrogens is 256 g/mol. The predicted molar refractivity (Wildman–Crippen MR) is 74.5 cm³/mol. The highest BCUT2D eigenvalue weighted by Gasteiger charge is 2.31. The van der Waals surface area contributed by atoms with E-state index in [4.69, 9.17) is 11.5 Å². The van der Waals surface area contributed by atoms with Gasteiger partial charge in [-0.15, -0.1) is 0 Å². The van der Waals surface area contributed by atoms with Gasteiger partial charge in [0.2, 0.25) is 5.91 Å².